The molecule has 23 heavy (non-hydrogen) atoms. The van der Waals surface area contributed by atoms with Crippen molar-refractivity contribution in [1.82, 2.24) is 10.2 Å². The summed E-state index contributed by atoms with van der Waals surface area (Å²) in [7, 11) is -2.97. The van der Waals surface area contributed by atoms with Crippen molar-refractivity contribution in [3.63, 3.8) is 0 Å². The van der Waals surface area contributed by atoms with Crippen LogP contribution >= 0.6 is 11.6 Å². The number of rotatable bonds is 3. The smallest absolute Gasteiger partial charge is 0.281 e. The molecule has 0 saturated heterocycles. The Hall–Kier alpha value is -1.74. The molecular formula is C13H13ClF3N3O2S. The van der Waals surface area contributed by atoms with Crippen molar-refractivity contribution in [1.29, 1.82) is 0 Å². The summed E-state index contributed by atoms with van der Waals surface area (Å²) in [6.45, 7) is 2.99. The van der Waals surface area contributed by atoms with Gasteiger partial charge in [-0.15, -0.1) is 0 Å². The first kappa shape index (κ1) is 17.6. The molecule has 0 fully saturated rings. The Balaban J connectivity index is 2.59. The summed E-state index contributed by atoms with van der Waals surface area (Å²) in [5.74, 6) is 0. The number of aromatic nitrogens is 2. The van der Waals surface area contributed by atoms with Crippen LogP contribution in [-0.4, -0.2) is 25.7 Å². The fourth-order valence-corrected chi connectivity index (χ4v) is 3.95. The quantitative estimate of drug-likeness (QED) is 0.902. The lowest BCUT2D eigenvalue weighted by Crippen LogP contribution is -2.28. The maximum absolute atomic E-state index is 12.8. The standard InChI is InChI=1S/C13H13ClF3N3O2S/c1-7-12(8(2)19-18-7)23(21,22)20(3)11-6-9(13(15,16)17)4-5-10(11)14/h4-6H,1-3H3,(H,18,19). The highest BCUT2D eigenvalue weighted by Crippen LogP contribution is 2.37. The minimum atomic E-state index is -4.61. The molecule has 10 heteroatoms. The molecule has 2 aromatic rings. The number of hydrogen-bond acceptors (Lipinski definition) is 3. The molecule has 0 aliphatic rings. The second kappa shape index (κ2) is 5.72. The van der Waals surface area contributed by atoms with Gasteiger partial charge in [-0.25, -0.2) is 8.42 Å². The number of anilines is 1. The molecule has 5 nitrogen and oxygen atoms in total. The van der Waals surface area contributed by atoms with Crippen molar-refractivity contribution < 1.29 is 21.6 Å². The van der Waals surface area contributed by atoms with Crippen LogP contribution in [0.15, 0.2) is 23.1 Å². The molecule has 126 valence electrons. The molecule has 1 N–H and O–H groups in total. The summed E-state index contributed by atoms with van der Waals surface area (Å²) in [6.07, 6.45) is -4.61. The van der Waals surface area contributed by atoms with E-state index in [2.05, 4.69) is 10.2 Å². The Morgan fingerprint density at radius 3 is 2.35 bits per heavy atom. The van der Waals surface area contributed by atoms with Crippen LogP contribution in [0.2, 0.25) is 5.02 Å². The molecule has 0 unspecified atom stereocenters. The normalized spacial score (nSPS) is 12.5. The van der Waals surface area contributed by atoms with Crippen LogP contribution in [-0.2, 0) is 16.2 Å². The predicted molar refractivity (Wildman–Crippen MR) is 80.1 cm³/mol. The van der Waals surface area contributed by atoms with Gasteiger partial charge in [0, 0.05) is 7.05 Å². The Labute approximate surface area is 136 Å². The van der Waals surface area contributed by atoms with E-state index in [1.54, 1.807) is 0 Å². The van der Waals surface area contributed by atoms with Gasteiger partial charge in [0.1, 0.15) is 4.90 Å². The molecular weight excluding hydrogens is 355 g/mol. The van der Waals surface area contributed by atoms with Crippen molar-refractivity contribution in [3.05, 3.63) is 40.2 Å². The summed E-state index contributed by atoms with van der Waals surface area (Å²) in [5, 5.41) is 6.22. The van der Waals surface area contributed by atoms with Gasteiger partial charge in [-0.05, 0) is 32.0 Å². The van der Waals surface area contributed by atoms with Gasteiger partial charge in [-0.2, -0.15) is 18.3 Å². The highest BCUT2D eigenvalue weighted by molar-refractivity contribution is 7.92. The van der Waals surface area contributed by atoms with Gasteiger partial charge in [0.25, 0.3) is 10.0 Å². The molecule has 0 amide bonds. The largest absolute Gasteiger partial charge is 0.416 e. The Bertz CT molecular complexity index is 827. The number of alkyl halides is 3. The molecule has 0 saturated carbocycles. The molecule has 0 aliphatic heterocycles. The van der Waals surface area contributed by atoms with Crippen LogP contribution in [0.3, 0.4) is 0 Å². The maximum Gasteiger partial charge on any atom is 0.416 e. The van der Waals surface area contributed by atoms with E-state index in [1.165, 1.54) is 13.8 Å². The van der Waals surface area contributed by atoms with Gasteiger partial charge in [0.15, 0.2) is 0 Å². The van der Waals surface area contributed by atoms with E-state index in [4.69, 9.17) is 11.6 Å². The van der Waals surface area contributed by atoms with Gasteiger partial charge in [0.05, 0.1) is 27.7 Å². The first-order valence-corrected chi connectivity index (χ1v) is 8.15. The fraction of sp³-hybridized carbons (Fsp3) is 0.308. The van der Waals surface area contributed by atoms with Crippen molar-refractivity contribution in [2.45, 2.75) is 24.9 Å². The molecule has 0 atom stereocenters. The maximum atomic E-state index is 12.8. The molecule has 0 spiro atoms. The number of H-pyrrole nitrogens is 1. The van der Waals surface area contributed by atoms with Crippen LogP contribution < -0.4 is 4.31 Å². The second-order valence-electron chi connectivity index (χ2n) is 4.90. The third-order valence-corrected chi connectivity index (χ3v) is 5.65. The number of halogens is 4. The van der Waals surface area contributed by atoms with Crippen LogP contribution in [0.1, 0.15) is 17.0 Å². The fourth-order valence-electron chi connectivity index (χ4n) is 2.12. The van der Waals surface area contributed by atoms with Gasteiger partial charge in [0.2, 0.25) is 0 Å². The molecule has 0 radical (unpaired) electrons. The van der Waals surface area contributed by atoms with E-state index in [1.807, 2.05) is 0 Å². The summed E-state index contributed by atoms with van der Waals surface area (Å²) in [5.41, 5.74) is -0.740. The molecule has 1 heterocycles. The SMILES string of the molecule is Cc1n[nH]c(C)c1S(=O)(=O)N(C)c1cc(C(F)(F)F)ccc1Cl. The highest BCUT2D eigenvalue weighted by Gasteiger charge is 2.33. The number of sulfonamides is 1. The third kappa shape index (κ3) is 3.16. The van der Waals surface area contributed by atoms with E-state index in [0.717, 1.165) is 23.5 Å². The van der Waals surface area contributed by atoms with E-state index in [9.17, 15) is 21.6 Å². The minimum absolute atomic E-state index is 0.0894. The first-order valence-electron chi connectivity index (χ1n) is 6.33. The van der Waals surface area contributed by atoms with Crippen molar-refractivity contribution in [3.8, 4) is 0 Å². The molecule has 0 bridgehead atoms. The summed E-state index contributed by atoms with van der Waals surface area (Å²) < 4.78 is 64.6. The van der Waals surface area contributed by atoms with E-state index in [-0.39, 0.29) is 27.0 Å². The van der Waals surface area contributed by atoms with Crippen LogP contribution in [0.25, 0.3) is 0 Å². The van der Waals surface area contributed by atoms with Crippen molar-refractivity contribution in [2.75, 3.05) is 11.4 Å². The van der Waals surface area contributed by atoms with E-state index in [0.29, 0.717) is 6.07 Å². The average molecular weight is 368 g/mol. The molecule has 0 aliphatic carbocycles. The van der Waals surface area contributed by atoms with Gasteiger partial charge >= 0.3 is 6.18 Å². The lowest BCUT2D eigenvalue weighted by Gasteiger charge is -2.22. The second-order valence-corrected chi connectivity index (χ2v) is 7.21. The van der Waals surface area contributed by atoms with Gasteiger partial charge in [-0.3, -0.25) is 9.40 Å². The van der Waals surface area contributed by atoms with Crippen molar-refractivity contribution >= 4 is 27.3 Å². The van der Waals surface area contributed by atoms with E-state index < -0.39 is 21.8 Å². The topological polar surface area (TPSA) is 66.1 Å². The minimum Gasteiger partial charge on any atom is -0.281 e. The number of nitrogens with one attached hydrogen (secondary N) is 1. The van der Waals surface area contributed by atoms with E-state index >= 15 is 0 Å². The number of benzene rings is 1. The highest BCUT2D eigenvalue weighted by atomic mass is 35.5. The number of aromatic amines is 1. The summed E-state index contributed by atoms with van der Waals surface area (Å²) in [4.78, 5) is -0.0894. The Kier molecular flexibility index (Phi) is 4.38. The molecule has 2 rings (SSSR count). The third-order valence-electron chi connectivity index (χ3n) is 3.29. The molecule has 1 aromatic carbocycles. The van der Waals surface area contributed by atoms with Gasteiger partial charge < -0.3 is 0 Å². The van der Waals surface area contributed by atoms with Gasteiger partial charge in [-0.1, -0.05) is 11.6 Å². The summed E-state index contributed by atoms with van der Waals surface area (Å²) in [6, 6.07) is 2.51. The molecule has 1 aromatic heterocycles. The van der Waals surface area contributed by atoms with Crippen LogP contribution in [0, 0.1) is 13.8 Å². The first-order chi connectivity index (χ1) is 10.5. The number of aryl methyl sites for hydroxylation is 2. The average Bonchev–Trinajstić information content (AvgIpc) is 2.77. The lowest BCUT2D eigenvalue weighted by molar-refractivity contribution is -0.137. The zero-order valence-electron chi connectivity index (χ0n) is 12.4. The van der Waals surface area contributed by atoms with Crippen molar-refractivity contribution in [2.24, 2.45) is 0 Å². The lowest BCUT2D eigenvalue weighted by atomic mass is 10.2. The Morgan fingerprint density at radius 2 is 1.87 bits per heavy atom. The Morgan fingerprint density at radius 1 is 1.26 bits per heavy atom. The zero-order chi connectivity index (χ0) is 17.6. The van der Waals surface area contributed by atoms with Crippen LogP contribution in [0.4, 0.5) is 18.9 Å². The predicted octanol–water partition coefficient (Wildman–Crippen LogP) is 3.52. The number of nitrogens with zero attached hydrogens (tertiary/aromatic N) is 2. The zero-order valence-corrected chi connectivity index (χ0v) is 13.9. The number of hydrogen-bond donors (Lipinski definition) is 1. The monoisotopic (exact) mass is 367 g/mol. The van der Waals surface area contributed by atoms with Crippen LogP contribution in [0.5, 0.6) is 0 Å². The summed E-state index contributed by atoms with van der Waals surface area (Å²) >= 11 is 5.89.